The van der Waals surface area contributed by atoms with Crippen LogP contribution in [0.15, 0.2) is 48.8 Å². The number of carbonyl (C=O) groups is 1. The summed E-state index contributed by atoms with van der Waals surface area (Å²) in [6.45, 7) is 0.492. The summed E-state index contributed by atoms with van der Waals surface area (Å²) in [6.07, 6.45) is 3.73. The molecule has 0 aliphatic carbocycles. The number of aliphatic carboxylic acids is 1. The predicted octanol–water partition coefficient (Wildman–Crippen LogP) is 2.88. The molecular weight excluding hydrogens is 377 g/mol. The number of aromatic nitrogens is 3. The first-order valence-corrected chi connectivity index (χ1v) is 9.23. The topological polar surface area (TPSA) is 97.3 Å². The monoisotopic (exact) mass is 397 g/mol. The predicted molar refractivity (Wildman–Crippen MR) is 102 cm³/mol. The van der Waals surface area contributed by atoms with Gasteiger partial charge in [-0.3, -0.25) is 14.9 Å². The quantitative estimate of drug-likeness (QED) is 0.607. The van der Waals surface area contributed by atoms with Crippen molar-refractivity contribution < 1.29 is 23.8 Å². The molecule has 7 nitrogen and oxygen atoms in total. The van der Waals surface area contributed by atoms with Gasteiger partial charge in [0.15, 0.2) is 0 Å². The minimum Gasteiger partial charge on any atom is -0.492 e. The Kier molecular flexibility index (Phi) is 5.26. The molecule has 0 spiro atoms. The Labute approximate surface area is 166 Å². The summed E-state index contributed by atoms with van der Waals surface area (Å²) in [7, 11) is 0. The molecule has 3 aromatic rings. The second-order valence-electron chi connectivity index (χ2n) is 7.09. The molecule has 3 heterocycles. The van der Waals surface area contributed by atoms with E-state index in [2.05, 4.69) is 15.2 Å². The smallest absolute Gasteiger partial charge is 0.314 e. The van der Waals surface area contributed by atoms with E-state index in [1.165, 1.54) is 0 Å². The van der Waals surface area contributed by atoms with Gasteiger partial charge in [-0.2, -0.15) is 5.10 Å². The van der Waals surface area contributed by atoms with Gasteiger partial charge in [-0.05, 0) is 35.7 Å². The van der Waals surface area contributed by atoms with Crippen LogP contribution in [0, 0.1) is 11.2 Å². The molecule has 2 N–H and O–H groups in total. The number of carboxylic acid groups (broad SMARTS) is 1. The minimum absolute atomic E-state index is 0.108. The zero-order valence-electron chi connectivity index (χ0n) is 15.6. The summed E-state index contributed by atoms with van der Waals surface area (Å²) in [4.78, 5) is 15.8. The molecule has 1 aliphatic rings. The highest BCUT2D eigenvalue weighted by molar-refractivity contribution is 5.76. The molecule has 1 fully saturated rings. The molecule has 0 radical (unpaired) electrons. The molecule has 0 saturated carbocycles. The van der Waals surface area contributed by atoms with Gasteiger partial charge in [0.05, 0.1) is 37.4 Å². The van der Waals surface area contributed by atoms with Crippen molar-refractivity contribution in [2.45, 2.75) is 12.8 Å². The first-order valence-electron chi connectivity index (χ1n) is 9.23. The molecule has 0 unspecified atom stereocenters. The molecule has 150 valence electrons. The van der Waals surface area contributed by atoms with Gasteiger partial charge in [-0.1, -0.05) is 18.2 Å². The van der Waals surface area contributed by atoms with E-state index in [0.717, 1.165) is 11.4 Å². The zero-order chi connectivity index (χ0) is 20.3. The average molecular weight is 397 g/mol. The van der Waals surface area contributed by atoms with Crippen LogP contribution >= 0.6 is 0 Å². The highest BCUT2D eigenvalue weighted by atomic mass is 19.1. The fourth-order valence-electron chi connectivity index (χ4n) is 3.28. The second kappa shape index (κ2) is 8.00. The van der Waals surface area contributed by atoms with Gasteiger partial charge in [0.25, 0.3) is 0 Å². The van der Waals surface area contributed by atoms with Gasteiger partial charge in [0.2, 0.25) is 0 Å². The fraction of sp³-hybridized carbons (Fsp3) is 0.286. The number of pyridine rings is 1. The fourth-order valence-corrected chi connectivity index (χ4v) is 3.28. The van der Waals surface area contributed by atoms with Crippen LogP contribution in [-0.4, -0.2) is 46.1 Å². The number of hydrogen-bond donors (Lipinski definition) is 2. The summed E-state index contributed by atoms with van der Waals surface area (Å²) in [5.74, 6) is -0.749. The lowest BCUT2D eigenvalue weighted by Crippen LogP contribution is -2.50. The van der Waals surface area contributed by atoms with E-state index in [9.17, 15) is 14.3 Å². The first-order chi connectivity index (χ1) is 14.1. The van der Waals surface area contributed by atoms with Crippen molar-refractivity contribution in [2.24, 2.45) is 5.41 Å². The highest BCUT2D eigenvalue weighted by Gasteiger charge is 2.46. The Morgan fingerprint density at radius 1 is 1.24 bits per heavy atom. The van der Waals surface area contributed by atoms with Crippen LogP contribution in [0.1, 0.15) is 11.1 Å². The van der Waals surface area contributed by atoms with Crippen molar-refractivity contribution in [3.8, 4) is 17.1 Å². The maximum absolute atomic E-state index is 14.9. The highest BCUT2D eigenvalue weighted by Crippen LogP contribution is 2.33. The van der Waals surface area contributed by atoms with E-state index >= 15 is 0 Å². The number of ether oxygens (including phenoxy) is 2. The molecule has 1 aliphatic heterocycles. The minimum atomic E-state index is -1.03. The molecule has 0 bridgehead atoms. The van der Waals surface area contributed by atoms with Gasteiger partial charge < -0.3 is 14.6 Å². The lowest BCUT2D eigenvalue weighted by Gasteiger charge is -2.37. The third-order valence-corrected chi connectivity index (χ3v) is 5.05. The van der Waals surface area contributed by atoms with Crippen molar-refractivity contribution in [3.05, 3.63) is 65.7 Å². The SMILES string of the molecule is O=C(O)C1(Cc2cccc(CCOc3ccc(-c4ccn[nH]4)nc3)c2F)COC1. The Bertz CT molecular complexity index is 986. The van der Waals surface area contributed by atoms with Crippen LogP contribution in [0.3, 0.4) is 0 Å². The molecule has 1 aromatic carbocycles. The Morgan fingerprint density at radius 3 is 2.69 bits per heavy atom. The second-order valence-corrected chi connectivity index (χ2v) is 7.09. The third-order valence-electron chi connectivity index (χ3n) is 5.05. The number of aromatic amines is 1. The zero-order valence-corrected chi connectivity index (χ0v) is 15.6. The van der Waals surface area contributed by atoms with E-state index < -0.39 is 11.4 Å². The lowest BCUT2D eigenvalue weighted by atomic mass is 9.79. The van der Waals surface area contributed by atoms with Gasteiger partial charge in [-0.25, -0.2) is 4.39 Å². The summed E-state index contributed by atoms with van der Waals surface area (Å²) >= 11 is 0. The van der Waals surface area contributed by atoms with Crippen LogP contribution in [0.2, 0.25) is 0 Å². The number of rotatable bonds is 8. The van der Waals surface area contributed by atoms with Gasteiger partial charge in [0, 0.05) is 12.6 Å². The van der Waals surface area contributed by atoms with Crippen molar-refractivity contribution in [1.82, 2.24) is 15.2 Å². The normalized spacial score (nSPS) is 14.9. The van der Waals surface area contributed by atoms with E-state index in [0.29, 0.717) is 23.3 Å². The largest absolute Gasteiger partial charge is 0.492 e. The van der Waals surface area contributed by atoms with Gasteiger partial charge in [-0.15, -0.1) is 0 Å². The number of H-pyrrole nitrogens is 1. The molecule has 1 saturated heterocycles. The number of halogens is 1. The molecule has 29 heavy (non-hydrogen) atoms. The molecule has 4 rings (SSSR count). The Balaban J connectivity index is 1.37. The van der Waals surface area contributed by atoms with E-state index in [1.807, 2.05) is 12.1 Å². The number of nitrogens with zero attached hydrogens (tertiary/aromatic N) is 2. The van der Waals surface area contributed by atoms with Gasteiger partial charge in [0.1, 0.15) is 17.0 Å². The maximum Gasteiger partial charge on any atom is 0.314 e. The van der Waals surface area contributed by atoms with Crippen LogP contribution in [0.4, 0.5) is 4.39 Å². The summed E-state index contributed by atoms with van der Waals surface area (Å²) < 4.78 is 25.6. The number of nitrogens with one attached hydrogen (secondary N) is 1. The first kappa shape index (κ1) is 19.1. The van der Waals surface area contributed by atoms with Crippen molar-refractivity contribution in [3.63, 3.8) is 0 Å². The van der Waals surface area contributed by atoms with Crippen LogP contribution < -0.4 is 4.74 Å². The number of carboxylic acids is 1. The maximum atomic E-state index is 14.9. The lowest BCUT2D eigenvalue weighted by molar-refractivity contribution is -0.179. The van der Waals surface area contributed by atoms with Crippen molar-refractivity contribution >= 4 is 5.97 Å². The average Bonchev–Trinajstić information content (AvgIpc) is 3.22. The Hall–Kier alpha value is -3.26. The number of benzene rings is 1. The summed E-state index contributed by atoms with van der Waals surface area (Å²) in [6, 6.07) is 10.5. The Morgan fingerprint density at radius 2 is 2.07 bits per heavy atom. The van der Waals surface area contributed by atoms with E-state index in [4.69, 9.17) is 9.47 Å². The van der Waals surface area contributed by atoms with Gasteiger partial charge >= 0.3 is 5.97 Å². The van der Waals surface area contributed by atoms with Crippen molar-refractivity contribution in [1.29, 1.82) is 0 Å². The number of hydrogen-bond acceptors (Lipinski definition) is 5. The van der Waals surface area contributed by atoms with Crippen LogP contribution in [0.5, 0.6) is 5.75 Å². The third kappa shape index (κ3) is 3.97. The van der Waals surface area contributed by atoms with Crippen LogP contribution in [-0.2, 0) is 22.4 Å². The molecule has 2 aromatic heterocycles. The van der Waals surface area contributed by atoms with E-state index in [1.54, 1.807) is 36.7 Å². The standard InChI is InChI=1S/C21H20FN3O4/c22-19-14(2-1-3-15(19)10-21(20(26)27)12-28-13-21)7-9-29-16-4-5-17(23-11-16)18-6-8-24-25-18/h1-6,8,11H,7,9-10,12-13H2,(H,24,25)(H,26,27). The molecular formula is C21H20FN3O4. The van der Waals surface area contributed by atoms with Crippen molar-refractivity contribution in [2.75, 3.05) is 19.8 Å². The summed E-state index contributed by atoms with van der Waals surface area (Å²) in [5.41, 5.74) is 1.41. The summed E-state index contributed by atoms with van der Waals surface area (Å²) in [5, 5.41) is 16.1. The molecule has 0 amide bonds. The van der Waals surface area contributed by atoms with Crippen LogP contribution in [0.25, 0.3) is 11.4 Å². The molecule has 8 heteroatoms. The molecule has 0 atom stereocenters. The van der Waals surface area contributed by atoms with E-state index in [-0.39, 0.29) is 32.1 Å².